The average molecular weight is 313 g/mol. The first-order valence-corrected chi connectivity index (χ1v) is 9.12. The summed E-state index contributed by atoms with van der Waals surface area (Å²) in [4.78, 5) is 0. The lowest BCUT2D eigenvalue weighted by atomic mass is 10.1. The lowest BCUT2D eigenvalue weighted by molar-refractivity contribution is 0.414. The minimum Gasteiger partial charge on any atom is -0.497 e. The largest absolute Gasteiger partial charge is 0.497 e. The number of hydrogen-bond acceptors (Lipinski definition) is 4. The van der Waals surface area contributed by atoms with Crippen LogP contribution in [0.15, 0.2) is 24.3 Å². The second kappa shape index (κ2) is 7.80. The van der Waals surface area contributed by atoms with E-state index in [1.165, 1.54) is 0 Å². The Hall–Kier alpha value is -1.07. The van der Waals surface area contributed by atoms with E-state index in [0.717, 1.165) is 17.9 Å². The molecule has 1 N–H and O–H groups in total. The zero-order valence-electron chi connectivity index (χ0n) is 13.6. The second-order valence-corrected chi connectivity index (χ2v) is 8.06. The van der Waals surface area contributed by atoms with Crippen molar-refractivity contribution in [2.24, 2.45) is 5.92 Å². The third-order valence-corrected chi connectivity index (χ3v) is 6.35. The Morgan fingerprint density at radius 1 is 1.14 bits per heavy atom. The van der Waals surface area contributed by atoms with Crippen molar-refractivity contribution in [2.75, 3.05) is 19.4 Å². The minimum absolute atomic E-state index is 0.118. The van der Waals surface area contributed by atoms with E-state index in [-0.39, 0.29) is 23.0 Å². The molecule has 4 nitrogen and oxygen atoms in total. The molecule has 0 aliphatic rings. The minimum atomic E-state index is -3.14. The fourth-order valence-corrected chi connectivity index (χ4v) is 4.06. The van der Waals surface area contributed by atoms with Gasteiger partial charge in [-0.05, 0) is 37.1 Å². The number of rotatable bonds is 8. The number of methoxy groups -OCH3 is 1. The quantitative estimate of drug-likeness (QED) is 0.802. The first-order chi connectivity index (χ1) is 9.81. The summed E-state index contributed by atoms with van der Waals surface area (Å²) in [6.07, 6.45) is 0. The number of nitrogens with one attached hydrogen (secondary N) is 1. The van der Waals surface area contributed by atoms with Gasteiger partial charge in [0.25, 0.3) is 0 Å². The van der Waals surface area contributed by atoms with Crippen molar-refractivity contribution in [1.82, 2.24) is 5.32 Å². The van der Waals surface area contributed by atoms with Gasteiger partial charge >= 0.3 is 0 Å². The summed E-state index contributed by atoms with van der Waals surface area (Å²) >= 11 is 0. The smallest absolute Gasteiger partial charge is 0.155 e. The molecule has 0 spiro atoms. The summed E-state index contributed by atoms with van der Waals surface area (Å²) < 4.78 is 30.1. The Kier molecular flexibility index (Phi) is 6.68. The summed E-state index contributed by atoms with van der Waals surface area (Å²) in [5.41, 5.74) is 0.970. The zero-order chi connectivity index (χ0) is 16.0. The van der Waals surface area contributed by atoms with Gasteiger partial charge in [-0.25, -0.2) is 8.42 Å². The van der Waals surface area contributed by atoms with E-state index in [1.54, 1.807) is 14.0 Å². The molecule has 1 aromatic carbocycles. The lowest BCUT2D eigenvalue weighted by Gasteiger charge is -2.23. The van der Waals surface area contributed by atoms with Crippen molar-refractivity contribution in [1.29, 1.82) is 0 Å². The molecule has 0 saturated carbocycles. The zero-order valence-corrected chi connectivity index (χ0v) is 14.4. The molecule has 0 aliphatic heterocycles. The van der Waals surface area contributed by atoms with Crippen molar-refractivity contribution in [3.8, 4) is 5.75 Å². The second-order valence-electron chi connectivity index (χ2n) is 5.66. The van der Waals surface area contributed by atoms with E-state index in [0.29, 0.717) is 0 Å². The predicted octanol–water partition coefficient (Wildman–Crippen LogP) is 2.81. The summed E-state index contributed by atoms with van der Waals surface area (Å²) in [5.74, 6) is 1.01. The van der Waals surface area contributed by atoms with E-state index < -0.39 is 9.84 Å². The summed E-state index contributed by atoms with van der Waals surface area (Å²) in [6, 6.07) is 7.37. The molecule has 120 valence electrons. The third kappa shape index (κ3) is 5.00. The highest BCUT2D eigenvalue weighted by molar-refractivity contribution is 7.92. The summed E-state index contributed by atoms with van der Waals surface area (Å²) in [7, 11) is -1.52. The van der Waals surface area contributed by atoms with E-state index in [4.69, 9.17) is 4.74 Å². The van der Waals surface area contributed by atoms with Crippen LogP contribution in [-0.2, 0) is 9.84 Å². The van der Waals surface area contributed by atoms with Gasteiger partial charge in [-0.3, -0.25) is 0 Å². The Labute approximate surface area is 128 Å². The van der Waals surface area contributed by atoms with Crippen molar-refractivity contribution in [3.63, 3.8) is 0 Å². The highest BCUT2D eigenvalue weighted by Gasteiger charge is 2.27. The molecule has 0 radical (unpaired) electrons. The SMILES string of the molecule is CCNC(CS(=O)(=O)C(C)C(C)C)c1ccc(OC)cc1. The highest BCUT2D eigenvalue weighted by atomic mass is 32.2. The molecule has 0 bridgehead atoms. The van der Waals surface area contributed by atoms with Gasteiger partial charge in [0.05, 0.1) is 18.1 Å². The number of benzene rings is 1. The lowest BCUT2D eigenvalue weighted by Crippen LogP contribution is -2.34. The molecule has 0 aliphatic carbocycles. The van der Waals surface area contributed by atoms with Gasteiger partial charge in [0.1, 0.15) is 5.75 Å². The van der Waals surface area contributed by atoms with Gasteiger partial charge in [0.15, 0.2) is 9.84 Å². The maximum atomic E-state index is 12.5. The molecule has 2 unspecified atom stereocenters. The molecule has 1 aromatic rings. The van der Waals surface area contributed by atoms with Crippen molar-refractivity contribution >= 4 is 9.84 Å². The summed E-state index contributed by atoms with van der Waals surface area (Å²) in [6.45, 7) is 8.38. The molecular formula is C16H27NO3S. The fourth-order valence-electron chi connectivity index (χ4n) is 2.15. The van der Waals surface area contributed by atoms with Crippen molar-refractivity contribution in [2.45, 2.75) is 39.0 Å². The van der Waals surface area contributed by atoms with Crippen LogP contribution >= 0.6 is 0 Å². The van der Waals surface area contributed by atoms with Crippen LogP contribution in [0.1, 0.15) is 39.3 Å². The highest BCUT2D eigenvalue weighted by Crippen LogP contribution is 2.22. The van der Waals surface area contributed by atoms with Crippen molar-refractivity contribution in [3.05, 3.63) is 29.8 Å². The monoisotopic (exact) mass is 313 g/mol. The Balaban J connectivity index is 2.96. The van der Waals surface area contributed by atoms with Gasteiger partial charge in [-0.2, -0.15) is 0 Å². The van der Waals surface area contributed by atoms with Gasteiger partial charge in [0.2, 0.25) is 0 Å². The van der Waals surface area contributed by atoms with Crippen LogP contribution in [0.3, 0.4) is 0 Å². The molecule has 0 amide bonds. The van der Waals surface area contributed by atoms with Crippen LogP contribution in [-0.4, -0.2) is 33.1 Å². The van der Waals surface area contributed by atoms with Crippen LogP contribution in [0.4, 0.5) is 0 Å². The van der Waals surface area contributed by atoms with Crippen LogP contribution in [0.5, 0.6) is 5.75 Å². The molecule has 21 heavy (non-hydrogen) atoms. The Bertz CT molecular complexity index is 523. The molecule has 0 saturated heterocycles. The van der Waals surface area contributed by atoms with Gasteiger partial charge in [0, 0.05) is 6.04 Å². The number of ether oxygens (including phenoxy) is 1. The van der Waals surface area contributed by atoms with Crippen LogP contribution in [0.2, 0.25) is 0 Å². The first-order valence-electron chi connectivity index (χ1n) is 7.40. The maximum absolute atomic E-state index is 12.5. The number of hydrogen-bond donors (Lipinski definition) is 1. The Morgan fingerprint density at radius 3 is 2.14 bits per heavy atom. The van der Waals surface area contributed by atoms with Crippen LogP contribution < -0.4 is 10.1 Å². The van der Waals surface area contributed by atoms with Crippen molar-refractivity contribution < 1.29 is 13.2 Å². The van der Waals surface area contributed by atoms with Gasteiger partial charge < -0.3 is 10.1 Å². The summed E-state index contributed by atoms with van der Waals surface area (Å²) in [5, 5.41) is 2.93. The standard InChI is InChI=1S/C16H27NO3S/c1-6-17-16(11-21(18,19)13(4)12(2)3)14-7-9-15(20-5)10-8-14/h7-10,12-13,16-17H,6,11H2,1-5H3. The van der Waals surface area contributed by atoms with Crippen LogP contribution in [0, 0.1) is 5.92 Å². The average Bonchev–Trinajstić information content (AvgIpc) is 2.45. The maximum Gasteiger partial charge on any atom is 0.155 e. The van der Waals surface area contributed by atoms with Gasteiger partial charge in [-0.1, -0.05) is 32.9 Å². The van der Waals surface area contributed by atoms with Crippen LogP contribution in [0.25, 0.3) is 0 Å². The van der Waals surface area contributed by atoms with E-state index in [1.807, 2.05) is 45.0 Å². The molecule has 5 heteroatoms. The molecule has 0 aromatic heterocycles. The van der Waals surface area contributed by atoms with E-state index in [9.17, 15) is 8.42 Å². The van der Waals surface area contributed by atoms with E-state index in [2.05, 4.69) is 5.32 Å². The fraction of sp³-hybridized carbons (Fsp3) is 0.625. The molecule has 0 heterocycles. The third-order valence-electron chi connectivity index (χ3n) is 3.87. The molecule has 0 fully saturated rings. The Morgan fingerprint density at radius 2 is 1.71 bits per heavy atom. The predicted molar refractivity (Wildman–Crippen MR) is 87.5 cm³/mol. The molecule has 2 atom stereocenters. The topological polar surface area (TPSA) is 55.4 Å². The normalized spacial score (nSPS) is 15.0. The van der Waals surface area contributed by atoms with E-state index >= 15 is 0 Å². The first kappa shape index (κ1) is 18.0. The number of sulfone groups is 1. The van der Waals surface area contributed by atoms with Gasteiger partial charge in [-0.15, -0.1) is 0 Å². The molecule has 1 rings (SSSR count). The molecular weight excluding hydrogens is 286 g/mol.